The number of nitrogens with zero attached hydrogens (tertiary/aromatic N) is 1. The predicted molar refractivity (Wildman–Crippen MR) is 89.1 cm³/mol. The van der Waals surface area contributed by atoms with Gasteiger partial charge in [0, 0.05) is 23.1 Å². The van der Waals surface area contributed by atoms with Crippen molar-refractivity contribution in [1.29, 1.82) is 0 Å². The first-order valence-electron chi connectivity index (χ1n) is 7.98. The maximum absolute atomic E-state index is 5.98. The van der Waals surface area contributed by atoms with Gasteiger partial charge >= 0.3 is 0 Å². The molecule has 0 amide bonds. The van der Waals surface area contributed by atoms with Gasteiger partial charge in [0.1, 0.15) is 0 Å². The van der Waals surface area contributed by atoms with Gasteiger partial charge in [0.15, 0.2) is 0 Å². The van der Waals surface area contributed by atoms with Crippen molar-refractivity contribution < 1.29 is 0 Å². The Morgan fingerprint density at radius 1 is 1.20 bits per heavy atom. The van der Waals surface area contributed by atoms with E-state index < -0.39 is 0 Å². The first-order chi connectivity index (χ1) is 9.66. The van der Waals surface area contributed by atoms with E-state index in [2.05, 4.69) is 39.0 Å². The molecule has 20 heavy (non-hydrogen) atoms. The molecule has 1 aromatic rings. The zero-order chi connectivity index (χ0) is 14.1. The van der Waals surface area contributed by atoms with Crippen LogP contribution in [0.4, 0.5) is 5.69 Å². The van der Waals surface area contributed by atoms with Gasteiger partial charge in [-0.3, -0.25) is 0 Å². The average molecular weight is 337 g/mol. The summed E-state index contributed by atoms with van der Waals surface area (Å²) in [6, 6.07) is 7.52. The van der Waals surface area contributed by atoms with E-state index >= 15 is 0 Å². The zero-order valence-corrected chi connectivity index (χ0v) is 13.9. The van der Waals surface area contributed by atoms with Crippen LogP contribution >= 0.6 is 15.9 Å². The van der Waals surface area contributed by atoms with Crippen molar-refractivity contribution in [3.63, 3.8) is 0 Å². The fourth-order valence-corrected chi connectivity index (χ4v) is 4.59. The minimum absolute atomic E-state index is 0.101. The summed E-state index contributed by atoms with van der Waals surface area (Å²) in [5.41, 5.74) is 8.56. The van der Waals surface area contributed by atoms with Crippen molar-refractivity contribution in [1.82, 2.24) is 0 Å². The normalized spacial score (nSPS) is 28.1. The molecule has 1 aromatic carbocycles. The molecule has 110 valence electrons. The summed E-state index contributed by atoms with van der Waals surface area (Å²) in [5.74, 6) is 0.914. The summed E-state index contributed by atoms with van der Waals surface area (Å²) in [6.07, 6.45) is 8.38. The first-order valence-corrected chi connectivity index (χ1v) is 8.78. The molecule has 0 aromatic heterocycles. The Labute approximate surface area is 130 Å². The Hall–Kier alpha value is -0.540. The fourth-order valence-electron chi connectivity index (χ4n) is 3.96. The standard InChI is InChI=1S/C17H25BrN2/c1-12(19)14-8-9-17(15(18)11-14)20-10-4-6-13-5-2-3-7-16(13)20/h8-9,11-13,16H,2-7,10,19H2,1H3/t12-,13?,16?/m0/s1. The Morgan fingerprint density at radius 3 is 2.70 bits per heavy atom. The highest BCUT2D eigenvalue weighted by Gasteiger charge is 2.33. The molecule has 0 radical (unpaired) electrons. The number of hydrogen-bond donors (Lipinski definition) is 1. The fraction of sp³-hybridized carbons (Fsp3) is 0.647. The van der Waals surface area contributed by atoms with Crippen LogP contribution in [-0.2, 0) is 0 Å². The molecule has 2 nitrogen and oxygen atoms in total. The molecule has 3 atom stereocenters. The van der Waals surface area contributed by atoms with Crippen molar-refractivity contribution in [3.8, 4) is 0 Å². The molecule has 1 saturated heterocycles. The highest BCUT2D eigenvalue weighted by molar-refractivity contribution is 9.10. The number of fused-ring (bicyclic) bond motifs is 1. The molecular weight excluding hydrogens is 312 g/mol. The molecule has 2 aliphatic rings. The van der Waals surface area contributed by atoms with Crippen LogP contribution in [0.3, 0.4) is 0 Å². The summed E-state index contributed by atoms with van der Waals surface area (Å²) in [7, 11) is 0. The summed E-state index contributed by atoms with van der Waals surface area (Å²) in [4.78, 5) is 2.66. The molecule has 3 heteroatoms. The molecule has 1 aliphatic carbocycles. The van der Waals surface area contributed by atoms with E-state index in [1.165, 1.54) is 60.8 Å². The van der Waals surface area contributed by atoms with Gasteiger partial charge in [-0.2, -0.15) is 0 Å². The largest absolute Gasteiger partial charge is 0.367 e. The van der Waals surface area contributed by atoms with Crippen molar-refractivity contribution in [2.45, 2.75) is 57.5 Å². The summed E-state index contributed by atoms with van der Waals surface area (Å²) < 4.78 is 1.21. The van der Waals surface area contributed by atoms with Crippen LogP contribution in [0, 0.1) is 5.92 Å². The Balaban J connectivity index is 1.87. The maximum Gasteiger partial charge on any atom is 0.0513 e. The van der Waals surface area contributed by atoms with Crippen molar-refractivity contribution >= 4 is 21.6 Å². The van der Waals surface area contributed by atoms with Gasteiger partial charge in [-0.05, 0) is 72.2 Å². The van der Waals surface area contributed by atoms with E-state index in [0.717, 1.165) is 12.0 Å². The van der Waals surface area contributed by atoms with Crippen LogP contribution in [0.15, 0.2) is 22.7 Å². The lowest BCUT2D eigenvalue weighted by atomic mass is 9.78. The summed E-state index contributed by atoms with van der Waals surface area (Å²) >= 11 is 3.77. The molecular formula is C17H25BrN2. The number of rotatable bonds is 2. The Morgan fingerprint density at radius 2 is 1.95 bits per heavy atom. The van der Waals surface area contributed by atoms with Gasteiger partial charge < -0.3 is 10.6 Å². The monoisotopic (exact) mass is 336 g/mol. The van der Waals surface area contributed by atoms with E-state index in [1.54, 1.807) is 0 Å². The number of benzene rings is 1. The number of anilines is 1. The lowest BCUT2D eigenvalue weighted by Crippen LogP contribution is -2.47. The first kappa shape index (κ1) is 14.4. The number of nitrogens with two attached hydrogens (primary N) is 1. The topological polar surface area (TPSA) is 29.3 Å². The molecule has 0 spiro atoms. The van der Waals surface area contributed by atoms with Crippen LogP contribution in [0.25, 0.3) is 0 Å². The van der Waals surface area contributed by atoms with Gasteiger partial charge in [0.05, 0.1) is 5.69 Å². The van der Waals surface area contributed by atoms with Crippen LogP contribution in [-0.4, -0.2) is 12.6 Å². The van der Waals surface area contributed by atoms with Gasteiger partial charge in [0.25, 0.3) is 0 Å². The van der Waals surface area contributed by atoms with Gasteiger partial charge in [-0.15, -0.1) is 0 Å². The van der Waals surface area contributed by atoms with Crippen LogP contribution in [0.5, 0.6) is 0 Å². The lowest BCUT2D eigenvalue weighted by Gasteiger charge is -2.45. The minimum Gasteiger partial charge on any atom is -0.367 e. The maximum atomic E-state index is 5.98. The Bertz CT molecular complexity index is 470. The molecule has 0 bridgehead atoms. The van der Waals surface area contributed by atoms with Crippen LogP contribution in [0.1, 0.15) is 57.1 Å². The second-order valence-corrected chi connectivity index (χ2v) is 7.30. The average Bonchev–Trinajstić information content (AvgIpc) is 2.46. The molecule has 3 rings (SSSR count). The second kappa shape index (κ2) is 6.07. The molecule has 2 N–H and O–H groups in total. The van der Waals surface area contributed by atoms with E-state index in [0.29, 0.717) is 0 Å². The summed E-state index contributed by atoms with van der Waals surface area (Å²) in [6.45, 7) is 3.25. The lowest BCUT2D eigenvalue weighted by molar-refractivity contribution is 0.243. The van der Waals surface area contributed by atoms with E-state index in [1.807, 2.05) is 6.92 Å². The third-order valence-electron chi connectivity index (χ3n) is 5.05. The van der Waals surface area contributed by atoms with E-state index in [-0.39, 0.29) is 6.04 Å². The van der Waals surface area contributed by atoms with E-state index in [9.17, 15) is 0 Å². The number of piperidine rings is 1. The number of hydrogen-bond acceptors (Lipinski definition) is 2. The number of halogens is 1. The Kier molecular flexibility index (Phi) is 4.37. The molecule has 1 aliphatic heterocycles. The molecule has 1 heterocycles. The SMILES string of the molecule is C[C@H](N)c1ccc(N2CCCC3CCCCC32)c(Br)c1. The second-order valence-electron chi connectivity index (χ2n) is 6.45. The van der Waals surface area contributed by atoms with Gasteiger partial charge in [-0.1, -0.05) is 18.9 Å². The minimum atomic E-state index is 0.101. The highest BCUT2D eigenvalue weighted by atomic mass is 79.9. The quantitative estimate of drug-likeness (QED) is 0.853. The van der Waals surface area contributed by atoms with Gasteiger partial charge in [-0.25, -0.2) is 0 Å². The predicted octanol–water partition coefficient (Wildman–Crippen LogP) is 4.63. The molecule has 1 saturated carbocycles. The third-order valence-corrected chi connectivity index (χ3v) is 5.69. The van der Waals surface area contributed by atoms with E-state index in [4.69, 9.17) is 5.73 Å². The van der Waals surface area contributed by atoms with Crippen LogP contribution < -0.4 is 10.6 Å². The molecule has 2 unspecified atom stereocenters. The van der Waals surface area contributed by atoms with Crippen molar-refractivity contribution in [3.05, 3.63) is 28.2 Å². The molecule has 2 fully saturated rings. The van der Waals surface area contributed by atoms with Crippen molar-refractivity contribution in [2.24, 2.45) is 11.7 Å². The third kappa shape index (κ3) is 2.75. The zero-order valence-electron chi connectivity index (χ0n) is 12.3. The van der Waals surface area contributed by atoms with Crippen LogP contribution in [0.2, 0.25) is 0 Å². The van der Waals surface area contributed by atoms with Gasteiger partial charge in [0.2, 0.25) is 0 Å². The highest BCUT2D eigenvalue weighted by Crippen LogP contribution is 2.40. The van der Waals surface area contributed by atoms with Crippen molar-refractivity contribution in [2.75, 3.05) is 11.4 Å². The smallest absolute Gasteiger partial charge is 0.0513 e. The summed E-state index contributed by atoms with van der Waals surface area (Å²) in [5, 5.41) is 0.